The molecule has 1 heterocycles. The van der Waals surface area contributed by atoms with Crippen molar-refractivity contribution in [3.63, 3.8) is 0 Å². The van der Waals surface area contributed by atoms with Gasteiger partial charge in [-0.25, -0.2) is 4.79 Å². The van der Waals surface area contributed by atoms with Crippen LogP contribution in [0.15, 0.2) is 48.5 Å². The summed E-state index contributed by atoms with van der Waals surface area (Å²) in [5.74, 6) is 0.213. The van der Waals surface area contributed by atoms with Crippen molar-refractivity contribution >= 4 is 17.5 Å². The maximum Gasteiger partial charge on any atom is 0.319 e. The number of para-hydroxylation sites is 1. The number of urea groups is 1. The molecule has 2 N–H and O–H groups in total. The number of rotatable bonds is 7. The van der Waals surface area contributed by atoms with Crippen LogP contribution in [0.25, 0.3) is 0 Å². The number of carbonyl (C=O) groups is 2. The van der Waals surface area contributed by atoms with Crippen LogP contribution in [0, 0.1) is 13.8 Å². The molecule has 2 aromatic carbocycles. The zero-order valence-corrected chi connectivity index (χ0v) is 17.4. The molecule has 154 valence electrons. The van der Waals surface area contributed by atoms with Crippen LogP contribution < -0.4 is 10.6 Å². The Balaban J connectivity index is 1.36. The number of likely N-dealkylation sites (tertiary alicyclic amines) is 1. The van der Waals surface area contributed by atoms with Gasteiger partial charge in [-0.1, -0.05) is 48.5 Å². The number of amides is 2. The standard InChI is InChI=1S/C24H31N3O2/c1-18-8-6-9-19(2)23(18)26-24(29)25-21-13-16-27(17-14-21)15-7-12-22(28)20-10-4-3-5-11-20/h3-6,8-11,21H,7,12-17H2,1-2H3,(H2,25,26,29). The highest BCUT2D eigenvalue weighted by Crippen LogP contribution is 2.19. The molecule has 0 aromatic heterocycles. The minimum atomic E-state index is -0.130. The first-order valence-electron chi connectivity index (χ1n) is 10.5. The second kappa shape index (κ2) is 10.2. The average molecular weight is 394 g/mol. The zero-order valence-electron chi connectivity index (χ0n) is 17.4. The summed E-state index contributed by atoms with van der Waals surface area (Å²) in [7, 11) is 0. The van der Waals surface area contributed by atoms with E-state index in [0.717, 1.165) is 61.3 Å². The van der Waals surface area contributed by atoms with Gasteiger partial charge in [0.2, 0.25) is 0 Å². The third kappa shape index (κ3) is 6.16. The molecule has 0 atom stereocenters. The maximum absolute atomic E-state index is 12.4. The fraction of sp³-hybridized carbons (Fsp3) is 0.417. The molecule has 0 bridgehead atoms. The van der Waals surface area contributed by atoms with Crippen molar-refractivity contribution in [3.05, 3.63) is 65.2 Å². The summed E-state index contributed by atoms with van der Waals surface area (Å²) in [5, 5.41) is 6.11. The van der Waals surface area contributed by atoms with Gasteiger partial charge in [0.25, 0.3) is 0 Å². The molecule has 1 aliphatic rings. The molecule has 1 fully saturated rings. The number of anilines is 1. The minimum absolute atomic E-state index is 0.130. The molecule has 5 heteroatoms. The molecular weight excluding hydrogens is 362 g/mol. The summed E-state index contributed by atoms with van der Waals surface area (Å²) in [6.45, 7) is 6.84. The Morgan fingerprint density at radius 3 is 2.28 bits per heavy atom. The maximum atomic E-state index is 12.4. The van der Waals surface area contributed by atoms with Crippen molar-refractivity contribution in [3.8, 4) is 0 Å². The predicted octanol–water partition coefficient (Wildman–Crippen LogP) is 4.55. The highest BCUT2D eigenvalue weighted by Gasteiger charge is 2.21. The minimum Gasteiger partial charge on any atom is -0.335 e. The molecule has 5 nitrogen and oxygen atoms in total. The molecule has 0 radical (unpaired) electrons. The van der Waals surface area contributed by atoms with Crippen LogP contribution in [-0.4, -0.2) is 42.4 Å². The van der Waals surface area contributed by atoms with Crippen LogP contribution in [0.4, 0.5) is 10.5 Å². The Bertz CT molecular complexity index is 807. The normalized spacial score (nSPS) is 15.1. The summed E-state index contributed by atoms with van der Waals surface area (Å²) in [6.07, 6.45) is 3.33. The molecule has 0 unspecified atom stereocenters. The van der Waals surface area contributed by atoms with E-state index in [0.29, 0.717) is 6.42 Å². The SMILES string of the molecule is Cc1cccc(C)c1NC(=O)NC1CCN(CCCC(=O)c2ccccc2)CC1. The Hall–Kier alpha value is -2.66. The first kappa shape index (κ1) is 21.1. The van der Waals surface area contributed by atoms with E-state index in [1.807, 2.05) is 62.4 Å². The molecule has 29 heavy (non-hydrogen) atoms. The highest BCUT2D eigenvalue weighted by molar-refractivity contribution is 5.96. The Labute approximate surface area is 173 Å². The number of Topliss-reactive ketones (excluding diaryl/α,β-unsaturated/α-hetero) is 1. The van der Waals surface area contributed by atoms with Gasteiger partial charge in [-0.3, -0.25) is 4.79 Å². The zero-order chi connectivity index (χ0) is 20.6. The molecule has 0 aliphatic carbocycles. The van der Waals surface area contributed by atoms with Crippen molar-refractivity contribution in [1.82, 2.24) is 10.2 Å². The third-order valence-electron chi connectivity index (χ3n) is 5.62. The summed E-state index contributed by atoms with van der Waals surface area (Å²) < 4.78 is 0. The van der Waals surface area contributed by atoms with E-state index in [1.165, 1.54) is 0 Å². The van der Waals surface area contributed by atoms with E-state index in [-0.39, 0.29) is 17.9 Å². The molecule has 2 aromatic rings. The number of nitrogens with zero attached hydrogens (tertiary/aromatic N) is 1. The number of ketones is 1. The largest absolute Gasteiger partial charge is 0.335 e. The van der Waals surface area contributed by atoms with Crippen molar-refractivity contribution < 1.29 is 9.59 Å². The van der Waals surface area contributed by atoms with E-state index in [9.17, 15) is 9.59 Å². The fourth-order valence-electron chi connectivity index (χ4n) is 3.88. The number of nitrogens with one attached hydrogen (secondary N) is 2. The molecule has 3 rings (SSSR count). The van der Waals surface area contributed by atoms with E-state index in [1.54, 1.807) is 0 Å². The van der Waals surface area contributed by atoms with E-state index in [2.05, 4.69) is 15.5 Å². The highest BCUT2D eigenvalue weighted by atomic mass is 16.2. The molecule has 1 aliphatic heterocycles. The van der Waals surface area contributed by atoms with Crippen LogP contribution in [0.2, 0.25) is 0 Å². The van der Waals surface area contributed by atoms with Gasteiger partial charge in [0.05, 0.1) is 0 Å². The van der Waals surface area contributed by atoms with Gasteiger partial charge in [0.1, 0.15) is 0 Å². The van der Waals surface area contributed by atoms with Crippen LogP contribution in [0.3, 0.4) is 0 Å². The van der Waals surface area contributed by atoms with Crippen LogP contribution in [0.5, 0.6) is 0 Å². The third-order valence-corrected chi connectivity index (χ3v) is 5.62. The summed E-state index contributed by atoms with van der Waals surface area (Å²) in [6, 6.07) is 15.6. The van der Waals surface area contributed by atoms with Gasteiger partial charge in [0, 0.05) is 36.8 Å². The molecule has 2 amide bonds. The molecule has 1 saturated heterocycles. The number of piperidine rings is 1. The van der Waals surface area contributed by atoms with Crippen LogP contribution in [0.1, 0.15) is 47.2 Å². The van der Waals surface area contributed by atoms with Crippen LogP contribution >= 0.6 is 0 Å². The fourth-order valence-corrected chi connectivity index (χ4v) is 3.88. The van der Waals surface area contributed by atoms with E-state index in [4.69, 9.17) is 0 Å². The van der Waals surface area contributed by atoms with E-state index >= 15 is 0 Å². The smallest absolute Gasteiger partial charge is 0.319 e. The number of benzene rings is 2. The summed E-state index contributed by atoms with van der Waals surface area (Å²) >= 11 is 0. The van der Waals surface area contributed by atoms with Crippen LogP contribution in [-0.2, 0) is 0 Å². The first-order valence-corrected chi connectivity index (χ1v) is 10.5. The lowest BCUT2D eigenvalue weighted by molar-refractivity contribution is 0.0971. The van der Waals surface area contributed by atoms with Gasteiger partial charge < -0.3 is 15.5 Å². The quantitative estimate of drug-likeness (QED) is 0.678. The lowest BCUT2D eigenvalue weighted by Crippen LogP contribution is -2.46. The van der Waals surface area contributed by atoms with Crippen molar-refractivity contribution in [1.29, 1.82) is 0 Å². The number of aryl methyl sites for hydroxylation is 2. The predicted molar refractivity (Wildman–Crippen MR) is 118 cm³/mol. The number of hydrogen-bond acceptors (Lipinski definition) is 3. The van der Waals surface area contributed by atoms with Gasteiger partial charge in [-0.2, -0.15) is 0 Å². The Morgan fingerprint density at radius 2 is 1.62 bits per heavy atom. The lowest BCUT2D eigenvalue weighted by atomic mass is 10.0. The Kier molecular flexibility index (Phi) is 7.42. The van der Waals surface area contributed by atoms with Gasteiger partial charge in [-0.15, -0.1) is 0 Å². The van der Waals surface area contributed by atoms with Gasteiger partial charge >= 0.3 is 6.03 Å². The van der Waals surface area contributed by atoms with Crippen molar-refractivity contribution in [2.24, 2.45) is 0 Å². The Morgan fingerprint density at radius 1 is 0.966 bits per heavy atom. The average Bonchev–Trinajstić information content (AvgIpc) is 2.73. The number of carbonyl (C=O) groups excluding carboxylic acids is 2. The second-order valence-corrected chi connectivity index (χ2v) is 7.87. The summed E-state index contributed by atoms with van der Waals surface area (Å²) in [5.41, 5.74) is 3.83. The molecule has 0 saturated carbocycles. The number of hydrogen-bond donors (Lipinski definition) is 2. The topological polar surface area (TPSA) is 61.4 Å². The molecular formula is C24H31N3O2. The lowest BCUT2D eigenvalue weighted by Gasteiger charge is -2.32. The molecule has 0 spiro atoms. The second-order valence-electron chi connectivity index (χ2n) is 7.87. The van der Waals surface area contributed by atoms with Crippen molar-refractivity contribution in [2.45, 2.75) is 45.6 Å². The first-order chi connectivity index (χ1) is 14.0. The van der Waals surface area contributed by atoms with Crippen molar-refractivity contribution in [2.75, 3.05) is 25.0 Å². The van der Waals surface area contributed by atoms with Gasteiger partial charge in [-0.05, 0) is 50.8 Å². The van der Waals surface area contributed by atoms with E-state index < -0.39 is 0 Å². The van der Waals surface area contributed by atoms with Gasteiger partial charge in [0.15, 0.2) is 5.78 Å². The monoisotopic (exact) mass is 393 g/mol. The summed E-state index contributed by atoms with van der Waals surface area (Å²) in [4.78, 5) is 26.9.